The SMILES string of the molecule is CCCc1cnc(C2Cc3cc(F)ccc3N2C(C)=O)[nH]1. The van der Waals surface area contributed by atoms with E-state index in [0.29, 0.717) is 6.42 Å². The Bertz CT molecular complexity index is 680. The molecule has 3 rings (SSSR count). The number of fused-ring (bicyclic) bond motifs is 1. The van der Waals surface area contributed by atoms with Gasteiger partial charge in [-0.15, -0.1) is 0 Å². The van der Waals surface area contributed by atoms with Crippen molar-refractivity contribution in [3.8, 4) is 0 Å². The van der Waals surface area contributed by atoms with Crippen molar-refractivity contribution in [2.45, 2.75) is 39.2 Å². The van der Waals surface area contributed by atoms with E-state index in [1.165, 1.54) is 19.1 Å². The lowest BCUT2D eigenvalue weighted by atomic mass is 10.1. The molecule has 1 aliphatic rings. The van der Waals surface area contributed by atoms with Gasteiger partial charge in [-0.05, 0) is 30.2 Å². The highest BCUT2D eigenvalue weighted by molar-refractivity contribution is 5.94. The fourth-order valence-corrected chi connectivity index (χ4v) is 2.97. The summed E-state index contributed by atoms with van der Waals surface area (Å²) in [4.78, 5) is 21.4. The van der Waals surface area contributed by atoms with Gasteiger partial charge in [-0.1, -0.05) is 13.3 Å². The van der Waals surface area contributed by atoms with Crippen LogP contribution in [0, 0.1) is 5.82 Å². The summed E-state index contributed by atoms with van der Waals surface area (Å²) < 4.78 is 13.4. The Balaban J connectivity index is 1.97. The number of aromatic nitrogens is 2. The first-order valence-electron chi connectivity index (χ1n) is 7.22. The third-order valence-corrected chi connectivity index (χ3v) is 3.85. The number of carbonyl (C=O) groups is 1. The zero-order valence-electron chi connectivity index (χ0n) is 12.2. The van der Waals surface area contributed by atoms with E-state index in [9.17, 15) is 9.18 Å². The molecule has 1 aromatic carbocycles. The molecule has 4 nitrogen and oxygen atoms in total. The quantitative estimate of drug-likeness (QED) is 0.942. The lowest BCUT2D eigenvalue weighted by molar-refractivity contribution is -0.117. The number of H-pyrrole nitrogens is 1. The zero-order valence-corrected chi connectivity index (χ0v) is 12.2. The van der Waals surface area contributed by atoms with Crippen LogP contribution in [0.4, 0.5) is 10.1 Å². The molecule has 110 valence electrons. The summed E-state index contributed by atoms with van der Waals surface area (Å²) in [6, 6.07) is 4.38. The number of anilines is 1. The van der Waals surface area contributed by atoms with Crippen LogP contribution in [0.5, 0.6) is 0 Å². The molecule has 21 heavy (non-hydrogen) atoms. The van der Waals surface area contributed by atoms with Gasteiger partial charge in [-0.2, -0.15) is 0 Å². The van der Waals surface area contributed by atoms with Crippen molar-refractivity contribution in [1.82, 2.24) is 9.97 Å². The predicted molar refractivity (Wildman–Crippen MR) is 78.6 cm³/mol. The smallest absolute Gasteiger partial charge is 0.224 e. The van der Waals surface area contributed by atoms with E-state index >= 15 is 0 Å². The van der Waals surface area contributed by atoms with E-state index in [-0.39, 0.29) is 17.8 Å². The van der Waals surface area contributed by atoms with E-state index in [1.807, 2.05) is 6.20 Å². The molecule has 1 aliphatic heterocycles. The Labute approximate surface area is 123 Å². The third kappa shape index (κ3) is 2.44. The van der Waals surface area contributed by atoms with Crippen molar-refractivity contribution in [2.24, 2.45) is 0 Å². The molecule has 0 fully saturated rings. The summed E-state index contributed by atoms with van der Waals surface area (Å²) >= 11 is 0. The standard InChI is InChI=1S/C16H18FN3O/c1-3-4-13-9-18-16(19-13)15-8-11-7-12(17)5-6-14(11)20(15)10(2)21/h5-7,9,15H,3-4,8H2,1-2H3,(H,18,19). The van der Waals surface area contributed by atoms with Gasteiger partial charge in [0, 0.05) is 30.9 Å². The highest BCUT2D eigenvalue weighted by atomic mass is 19.1. The molecule has 1 atom stereocenters. The Morgan fingerprint density at radius 1 is 1.52 bits per heavy atom. The van der Waals surface area contributed by atoms with Crippen molar-refractivity contribution in [2.75, 3.05) is 4.90 Å². The van der Waals surface area contributed by atoms with Crippen LogP contribution in [0.25, 0.3) is 0 Å². The van der Waals surface area contributed by atoms with Crippen LogP contribution in [0.3, 0.4) is 0 Å². The van der Waals surface area contributed by atoms with Crippen LogP contribution in [0.15, 0.2) is 24.4 Å². The van der Waals surface area contributed by atoms with Crippen molar-refractivity contribution in [1.29, 1.82) is 0 Å². The van der Waals surface area contributed by atoms with Gasteiger partial charge in [0.1, 0.15) is 11.6 Å². The Hall–Kier alpha value is -2.17. The number of rotatable bonds is 3. The number of amides is 1. The fourth-order valence-electron chi connectivity index (χ4n) is 2.97. The normalized spacial score (nSPS) is 17.1. The van der Waals surface area contributed by atoms with E-state index in [2.05, 4.69) is 16.9 Å². The van der Waals surface area contributed by atoms with Crippen LogP contribution in [0.1, 0.15) is 43.4 Å². The van der Waals surface area contributed by atoms with E-state index in [0.717, 1.165) is 35.6 Å². The van der Waals surface area contributed by atoms with Crippen LogP contribution in [0.2, 0.25) is 0 Å². The summed E-state index contributed by atoms with van der Waals surface area (Å²) in [6.45, 7) is 3.64. The molecule has 0 radical (unpaired) electrons. The highest BCUT2D eigenvalue weighted by Gasteiger charge is 2.35. The molecule has 0 aliphatic carbocycles. The summed E-state index contributed by atoms with van der Waals surface area (Å²) in [5, 5.41) is 0. The monoisotopic (exact) mass is 287 g/mol. The first kappa shape index (κ1) is 13.8. The Morgan fingerprint density at radius 2 is 2.33 bits per heavy atom. The van der Waals surface area contributed by atoms with E-state index in [4.69, 9.17) is 0 Å². The second-order valence-electron chi connectivity index (χ2n) is 5.43. The number of hydrogen-bond donors (Lipinski definition) is 1. The number of benzene rings is 1. The number of halogens is 1. The fraction of sp³-hybridized carbons (Fsp3) is 0.375. The first-order chi connectivity index (χ1) is 10.1. The van der Waals surface area contributed by atoms with Crippen LogP contribution in [-0.2, 0) is 17.6 Å². The molecule has 0 saturated carbocycles. The second-order valence-corrected chi connectivity index (χ2v) is 5.43. The topological polar surface area (TPSA) is 49.0 Å². The van der Waals surface area contributed by atoms with Crippen molar-refractivity contribution in [3.05, 3.63) is 47.3 Å². The van der Waals surface area contributed by atoms with Crippen LogP contribution >= 0.6 is 0 Å². The average molecular weight is 287 g/mol. The molecular formula is C16H18FN3O. The minimum atomic E-state index is -0.274. The van der Waals surface area contributed by atoms with Gasteiger partial charge in [0.15, 0.2) is 0 Å². The summed E-state index contributed by atoms with van der Waals surface area (Å²) in [5.41, 5.74) is 2.70. The average Bonchev–Trinajstić information content (AvgIpc) is 3.02. The number of nitrogens with one attached hydrogen (secondary N) is 1. The summed E-state index contributed by atoms with van der Waals surface area (Å²) in [7, 11) is 0. The molecule has 1 amide bonds. The van der Waals surface area contributed by atoms with Gasteiger partial charge in [0.05, 0.1) is 6.04 Å². The maximum absolute atomic E-state index is 13.4. The largest absolute Gasteiger partial charge is 0.344 e. The van der Waals surface area contributed by atoms with Gasteiger partial charge in [-0.25, -0.2) is 9.37 Å². The van der Waals surface area contributed by atoms with Crippen LogP contribution in [-0.4, -0.2) is 15.9 Å². The summed E-state index contributed by atoms with van der Waals surface area (Å²) in [6.07, 6.45) is 4.38. The van der Waals surface area contributed by atoms with Crippen molar-refractivity contribution >= 4 is 11.6 Å². The molecule has 1 unspecified atom stereocenters. The van der Waals surface area contributed by atoms with E-state index in [1.54, 1.807) is 11.0 Å². The summed E-state index contributed by atoms with van der Waals surface area (Å²) in [5.74, 6) is 0.438. The molecule has 1 N–H and O–H groups in total. The van der Waals surface area contributed by atoms with Crippen LogP contribution < -0.4 is 4.90 Å². The molecule has 2 heterocycles. The minimum Gasteiger partial charge on any atom is -0.344 e. The number of aromatic amines is 1. The predicted octanol–water partition coefficient (Wildman–Crippen LogP) is 3.15. The molecule has 5 heteroatoms. The molecule has 0 bridgehead atoms. The lowest BCUT2D eigenvalue weighted by Crippen LogP contribution is -2.30. The Morgan fingerprint density at radius 3 is 3.05 bits per heavy atom. The van der Waals surface area contributed by atoms with Gasteiger partial charge in [0.2, 0.25) is 5.91 Å². The van der Waals surface area contributed by atoms with Crippen molar-refractivity contribution < 1.29 is 9.18 Å². The molecule has 0 saturated heterocycles. The highest BCUT2D eigenvalue weighted by Crippen LogP contribution is 2.39. The molecule has 2 aromatic rings. The number of hydrogen-bond acceptors (Lipinski definition) is 2. The number of imidazole rings is 1. The minimum absolute atomic E-state index is 0.0567. The maximum atomic E-state index is 13.4. The van der Waals surface area contributed by atoms with E-state index < -0.39 is 0 Å². The van der Waals surface area contributed by atoms with Gasteiger partial charge >= 0.3 is 0 Å². The number of carbonyl (C=O) groups excluding carboxylic acids is 1. The van der Waals surface area contributed by atoms with Gasteiger partial charge in [0.25, 0.3) is 0 Å². The lowest BCUT2D eigenvalue weighted by Gasteiger charge is -2.22. The Kier molecular flexibility index (Phi) is 3.49. The molecular weight excluding hydrogens is 269 g/mol. The molecule has 1 aromatic heterocycles. The van der Waals surface area contributed by atoms with Crippen molar-refractivity contribution in [3.63, 3.8) is 0 Å². The van der Waals surface area contributed by atoms with Gasteiger partial charge in [-0.3, -0.25) is 4.79 Å². The third-order valence-electron chi connectivity index (χ3n) is 3.85. The maximum Gasteiger partial charge on any atom is 0.224 e. The number of aryl methyl sites for hydroxylation is 1. The zero-order chi connectivity index (χ0) is 15.0. The number of nitrogens with zero attached hydrogens (tertiary/aromatic N) is 2. The first-order valence-corrected chi connectivity index (χ1v) is 7.22. The molecule has 0 spiro atoms. The second kappa shape index (κ2) is 5.31. The van der Waals surface area contributed by atoms with Gasteiger partial charge < -0.3 is 9.88 Å².